The van der Waals surface area contributed by atoms with Crippen molar-refractivity contribution in [3.63, 3.8) is 0 Å². The van der Waals surface area contributed by atoms with Crippen LogP contribution in [-0.2, 0) is 17.4 Å². The molecule has 278 valence electrons. The van der Waals surface area contributed by atoms with Crippen LogP contribution in [0.5, 0.6) is 11.5 Å². The molecule has 0 fully saturated rings. The lowest BCUT2D eigenvalue weighted by Crippen LogP contribution is -2.27. The Bertz CT molecular complexity index is 2680. The molecule has 0 atom stereocenters. The maximum Gasteiger partial charge on any atom is 0.137 e. The molecule has 0 radical (unpaired) electrons. The molecule has 5 heteroatoms. The van der Waals surface area contributed by atoms with Crippen molar-refractivity contribution in [2.24, 2.45) is 0 Å². The molecule has 0 bridgehead atoms. The van der Waals surface area contributed by atoms with E-state index in [2.05, 4.69) is 208 Å². The van der Waals surface area contributed by atoms with Crippen molar-refractivity contribution in [2.75, 3.05) is 16.5 Å². The highest BCUT2D eigenvalue weighted by Crippen LogP contribution is 2.44. The molecule has 2 aromatic heterocycles. The first-order valence-corrected chi connectivity index (χ1v) is 19.6. The molecule has 1 aliphatic heterocycles. The molecule has 1 aliphatic rings. The highest BCUT2D eigenvalue weighted by molar-refractivity contribution is 6.10. The lowest BCUT2D eigenvalue weighted by Gasteiger charge is -2.26. The number of hydrogen-bond acceptors (Lipinski definition) is 4. The molecule has 5 nitrogen and oxygen atoms in total. The Kier molecular flexibility index (Phi) is 8.69. The Balaban J connectivity index is 1.13. The summed E-state index contributed by atoms with van der Waals surface area (Å²) in [5.74, 6) is 2.47. The number of fused-ring (bicyclic) bond motifs is 4. The van der Waals surface area contributed by atoms with E-state index in [0.717, 1.165) is 52.6 Å². The van der Waals surface area contributed by atoms with Crippen molar-refractivity contribution in [1.29, 1.82) is 0 Å². The Morgan fingerprint density at radius 3 is 1.98 bits per heavy atom. The molecular formula is C51H48N4O. The van der Waals surface area contributed by atoms with Gasteiger partial charge in [0.2, 0.25) is 0 Å². The first kappa shape index (κ1) is 35.4. The van der Waals surface area contributed by atoms with E-state index in [1.165, 1.54) is 44.6 Å². The van der Waals surface area contributed by atoms with Gasteiger partial charge in [-0.25, -0.2) is 4.98 Å². The van der Waals surface area contributed by atoms with Crippen molar-refractivity contribution in [2.45, 2.75) is 58.9 Å². The predicted molar refractivity (Wildman–Crippen MR) is 234 cm³/mol. The van der Waals surface area contributed by atoms with E-state index in [0.29, 0.717) is 0 Å². The molecule has 0 saturated heterocycles. The SMILES string of the molecule is CC(C)(C)c1ccc(-n2c3ccc(-c4ccccc4)cc3c3ccc(Oc4cc(N5CN(Cc6ccccc6)c6ccccc65)cc(C(C)(C)C)c4)cc32)nc1. The summed E-state index contributed by atoms with van der Waals surface area (Å²) >= 11 is 0. The van der Waals surface area contributed by atoms with Crippen molar-refractivity contribution in [1.82, 2.24) is 9.55 Å². The smallest absolute Gasteiger partial charge is 0.137 e. The number of rotatable bonds is 7. The van der Waals surface area contributed by atoms with E-state index in [-0.39, 0.29) is 10.8 Å². The highest BCUT2D eigenvalue weighted by atomic mass is 16.5. The summed E-state index contributed by atoms with van der Waals surface area (Å²) in [7, 11) is 0. The van der Waals surface area contributed by atoms with Gasteiger partial charge in [-0.1, -0.05) is 126 Å². The first-order chi connectivity index (χ1) is 27.0. The van der Waals surface area contributed by atoms with Crippen LogP contribution in [0.1, 0.15) is 58.2 Å². The Hall–Kier alpha value is -6.33. The molecule has 0 spiro atoms. The van der Waals surface area contributed by atoms with Crippen LogP contribution in [0.25, 0.3) is 38.8 Å². The molecule has 8 aromatic rings. The van der Waals surface area contributed by atoms with Crippen LogP contribution in [0.4, 0.5) is 17.1 Å². The first-order valence-electron chi connectivity index (χ1n) is 19.6. The number of benzene rings is 6. The minimum atomic E-state index is -0.0885. The third-order valence-electron chi connectivity index (χ3n) is 11.0. The summed E-state index contributed by atoms with van der Waals surface area (Å²) in [6.45, 7) is 15.1. The predicted octanol–water partition coefficient (Wildman–Crippen LogP) is 13.3. The van der Waals surface area contributed by atoms with Gasteiger partial charge in [0.05, 0.1) is 29.1 Å². The standard InChI is InChI=1S/C51H48N4O/c1-50(2,3)38-22-26-49(52-32-38)55-45-25-21-37(36-17-11-8-12-18-36)27-44(45)43-24-23-41(31-48(43)55)56-42-29-39(51(4,5)6)28-40(30-42)54-34-53(33-35-15-9-7-10-16-35)46-19-13-14-20-47(46)54/h7-32H,33-34H2,1-6H3. The number of ether oxygens (including phenoxy) is 1. The summed E-state index contributed by atoms with van der Waals surface area (Å²) < 4.78 is 9.18. The fourth-order valence-electron chi connectivity index (χ4n) is 7.89. The second kappa shape index (κ2) is 13.8. The summed E-state index contributed by atoms with van der Waals surface area (Å²) in [6.07, 6.45) is 2.02. The zero-order valence-electron chi connectivity index (χ0n) is 33.1. The molecule has 56 heavy (non-hydrogen) atoms. The molecule has 9 rings (SSSR count). The van der Waals surface area contributed by atoms with Crippen molar-refractivity contribution in [3.8, 4) is 28.4 Å². The van der Waals surface area contributed by atoms with Gasteiger partial charge in [0.1, 0.15) is 17.3 Å². The zero-order chi connectivity index (χ0) is 38.6. The Morgan fingerprint density at radius 1 is 0.554 bits per heavy atom. The maximum atomic E-state index is 6.90. The lowest BCUT2D eigenvalue weighted by atomic mass is 9.86. The molecule has 6 aromatic carbocycles. The van der Waals surface area contributed by atoms with Crippen LogP contribution in [0.2, 0.25) is 0 Å². The van der Waals surface area contributed by atoms with E-state index in [9.17, 15) is 0 Å². The number of hydrogen-bond donors (Lipinski definition) is 0. The molecule has 0 amide bonds. The van der Waals surface area contributed by atoms with E-state index < -0.39 is 0 Å². The van der Waals surface area contributed by atoms with Gasteiger partial charge in [-0.05, 0) is 93.2 Å². The molecular weight excluding hydrogens is 685 g/mol. The van der Waals surface area contributed by atoms with Crippen LogP contribution in [0.15, 0.2) is 158 Å². The minimum Gasteiger partial charge on any atom is -0.457 e. The van der Waals surface area contributed by atoms with Gasteiger partial charge in [0.25, 0.3) is 0 Å². The number of anilines is 3. The van der Waals surface area contributed by atoms with Crippen molar-refractivity contribution in [3.05, 3.63) is 175 Å². The van der Waals surface area contributed by atoms with E-state index >= 15 is 0 Å². The van der Waals surface area contributed by atoms with Crippen LogP contribution in [-0.4, -0.2) is 16.2 Å². The monoisotopic (exact) mass is 732 g/mol. The molecule has 0 N–H and O–H groups in total. The van der Waals surface area contributed by atoms with Gasteiger partial charge in [0.15, 0.2) is 0 Å². The Morgan fingerprint density at radius 2 is 1.27 bits per heavy atom. The molecule has 0 aliphatic carbocycles. The lowest BCUT2D eigenvalue weighted by molar-refractivity contribution is 0.479. The van der Waals surface area contributed by atoms with Crippen LogP contribution < -0.4 is 14.5 Å². The van der Waals surface area contributed by atoms with Crippen molar-refractivity contribution < 1.29 is 4.74 Å². The fraction of sp³-hybridized carbons (Fsp3) is 0.196. The normalized spacial score (nSPS) is 13.1. The van der Waals surface area contributed by atoms with Crippen LogP contribution in [0, 0.1) is 0 Å². The quantitative estimate of drug-likeness (QED) is 0.163. The molecule has 3 heterocycles. The third-order valence-corrected chi connectivity index (χ3v) is 11.0. The van der Waals surface area contributed by atoms with Crippen LogP contribution in [0.3, 0.4) is 0 Å². The second-order valence-electron chi connectivity index (χ2n) is 17.1. The molecule has 0 unspecified atom stereocenters. The summed E-state index contributed by atoms with van der Waals surface area (Å²) in [5.41, 5.74) is 11.7. The van der Waals surface area contributed by atoms with Gasteiger partial charge in [0, 0.05) is 41.3 Å². The van der Waals surface area contributed by atoms with E-state index in [1.54, 1.807) is 0 Å². The number of pyridine rings is 1. The van der Waals surface area contributed by atoms with Gasteiger partial charge in [-0.2, -0.15) is 0 Å². The third kappa shape index (κ3) is 6.68. The van der Waals surface area contributed by atoms with Gasteiger partial charge < -0.3 is 14.5 Å². The summed E-state index contributed by atoms with van der Waals surface area (Å²) in [5, 5.41) is 2.34. The van der Waals surface area contributed by atoms with Gasteiger partial charge in [-0.3, -0.25) is 4.57 Å². The number of aromatic nitrogens is 2. The average Bonchev–Trinajstić information content (AvgIpc) is 3.73. The van der Waals surface area contributed by atoms with Crippen LogP contribution >= 0.6 is 0 Å². The topological polar surface area (TPSA) is 33.5 Å². The number of para-hydroxylation sites is 2. The number of nitrogens with zero attached hydrogens (tertiary/aromatic N) is 4. The summed E-state index contributed by atoms with van der Waals surface area (Å²) in [6, 6.07) is 54.3. The second-order valence-corrected chi connectivity index (χ2v) is 17.1. The van der Waals surface area contributed by atoms with Crippen molar-refractivity contribution >= 4 is 38.9 Å². The maximum absolute atomic E-state index is 6.90. The zero-order valence-corrected chi connectivity index (χ0v) is 33.1. The average molecular weight is 733 g/mol. The molecule has 0 saturated carbocycles. The largest absolute Gasteiger partial charge is 0.457 e. The van der Waals surface area contributed by atoms with E-state index in [1.807, 2.05) is 6.20 Å². The Labute approximate surface area is 330 Å². The fourth-order valence-corrected chi connectivity index (χ4v) is 7.89. The van der Waals surface area contributed by atoms with E-state index in [4.69, 9.17) is 9.72 Å². The minimum absolute atomic E-state index is 0.00964. The van der Waals surface area contributed by atoms with Gasteiger partial charge in [-0.15, -0.1) is 0 Å². The summed E-state index contributed by atoms with van der Waals surface area (Å²) in [4.78, 5) is 9.91. The van der Waals surface area contributed by atoms with Gasteiger partial charge >= 0.3 is 0 Å². The highest BCUT2D eigenvalue weighted by Gasteiger charge is 2.28.